The minimum Gasteiger partial charge on any atom is -0.336 e. The van der Waals surface area contributed by atoms with Crippen LogP contribution in [0.25, 0.3) is 0 Å². The largest absolute Gasteiger partial charge is 0.336 e. The minimum atomic E-state index is -0.112. The molecule has 31 heavy (non-hydrogen) atoms. The molecule has 3 heterocycles. The molecule has 0 saturated heterocycles. The van der Waals surface area contributed by atoms with Crippen molar-refractivity contribution >= 4 is 28.2 Å². The summed E-state index contributed by atoms with van der Waals surface area (Å²) in [5, 5.41) is 13.2. The number of nitriles is 1. The molecule has 8 heteroatoms. The zero-order valence-electron chi connectivity index (χ0n) is 17.2. The number of nitrogens with one attached hydrogen (secondary N) is 1. The number of carbonyl (C=O) groups is 2. The van der Waals surface area contributed by atoms with Crippen molar-refractivity contribution in [3.8, 4) is 6.07 Å². The lowest BCUT2D eigenvalue weighted by Gasteiger charge is -2.27. The fourth-order valence-electron chi connectivity index (χ4n) is 3.81. The number of aromatic nitrogens is 2. The number of hydrogen-bond acceptors (Lipinski definition) is 5. The number of imidazole rings is 1. The molecule has 1 aliphatic rings. The number of anilines is 1. The Bertz CT molecular complexity index is 1120. The fraction of sp³-hybridized carbons (Fsp3) is 0.304. The lowest BCUT2D eigenvalue weighted by atomic mass is 9.97. The highest BCUT2D eigenvalue weighted by Gasteiger charge is 2.27. The second-order valence-corrected chi connectivity index (χ2v) is 8.79. The van der Waals surface area contributed by atoms with Crippen molar-refractivity contribution in [1.29, 1.82) is 5.26 Å². The Kier molecular flexibility index (Phi) is 6.14. The van der Waals surface area contributed by atoms with Gasteiger partial charge >= 0.3 is 0 Å². The SMILES string of the molecule is C[C@@H](CC(=O)Nc1sc2c(c1C#N)CCN(C(=O)Cn1ccnc1)C2)c1ccccc1. The molecule has 0 saturated carbocycles. The maximum Gasteiger partial charge on any atom is 0.242 e. The molecule has 1 aromatic carbocycles. The third kappa shape index (κ3) is 4.67. The molecule has 2 amide bonds. The molecule has 0 fully saturated rings. The van der Waals surface area contributed by atoms with Crippen LogP contribution in [0, 0.1) is 11.3 Å². The summed E-state index contributed by atoms with van der Waals surface area (Å²) >= 11 is 1.40. The summed E-state index contributed by atoms with van der Waals surface area (Å²) in [7, 11) is 0. The number of fused-ring (bicyclic) bond motifs is 1. The highest BCUT2D eigenvalue weighted by molar-refractivity contribution is 7.16. The molecule has 7 nitrogen and oxygen atoms in total. The van der Waals surface area contributed by atoms with Crippen LogP contribution in [-0.2, 0) is 29.1 Å². The van der Waals surface area contributed by atoms with Gasteiger partial charge in [-0.05, 0) is 23.5 Å². The topological polar surface area (TPSA) is 91.0 Å². The number of thiophene rings is 1. The van der Waals surface area contributed by atoms with Crippen LogP contribution < -0.4 is 5.32 Å². The summed E-state index contributed by atoms with van der Waals surface area (Å²) < 4.78 is 1.74. The predicted molar refractivity (Wildman–Crippen MR) is 118 cm³/mol. The van der Waals surface area contributed by atoms with Crippen LogP contribution in [-0.4, -0.2) is 32.8 Å². The molecule has 158 valence electrons. The van der Waals surface area contributed by atoms with Crippen molar-refractivity contribution in [1.82, 2.24) is 14.5 Å². The molecule has 1 atom stereocenters. The van der Waals surface area contributed by atoms with Crippen LogP contribution in [0.5, 0.6) is 0 Å². The maximum absolute atomic E-state index is 12.6. The van der Waals surface area contributed by atoms with Crippen LogP contribution in [0.2, 0.25) is 0 Å². The van der Waals surface area contributed by atoms with E-state index in [0.29, 0.717) is 36.5 Å². The molecule has 0 spiro atoms. The third-order valence-electron chi connectivity index (χ3n) is 5.51. The monoisotopic (exact) mass is 433 g/mol. The van der Waals surface area contributed by atoms with Crippen molar-refractivity contribution in [2.45, 2.75) is 38.8 Å². The molecule has 2 aromatic heterocycles. The Hall–Kier alpha value is -3.44. The van der Waals surface area contributed by atoms with Gasteiger partial charge in [-0.1, -0.05) is 37.3 Å². The highest BCUT2D eigenvalue weighted by atomic mass is 32.1. The van der Waals surface area contributed by atoms with Crippen molar-refractivity contribution < 1.29 is 9.59 Å². The van der Waals surface area contributed by atoms with Gasteiger partial charge in [0.1, 0.15) is 17.6 Å². The van der Waals surface area contributed by atoms with Crippen molar-refractivity contribution in [2.75, 3.05) is 11.9 Å². The molecule has 0 bridgehead atoms. The van der Waals surface area contributed by atoms with Gasteiger partial charge in [-0.25, -0.2) is 4.98 Å². The van der Waals surface area contributed by atoms with E-state index in [1.54, 1.807) is 28.2 Å². The first kappa shape index (κ1) is 20.8. The Morgan fingerprint density at radius 1 is 1.32 bits per heavy atom. The van der Waals surface area contributed by atoms with E-state index in [4.69, 9.17) is 0 Å². The van der Waals surface area contributed by atoms with E-state index in [1.165, 1.54) is 11.3 Å². The number of amides is 2. The third-order valence-corrected chi connectivity index (χ3v) is 6.64. The normalized spacial score (nSPS) is 13.9. The molecule has 4 rings (SSSR count). The first-order chi connectivity index (χ1) is 15.0. The second kappa shape index (κ2) is 9.14. The van der Waals surface area contributed by atoms with Crippen LogP contribution in [0.4, 0.5) is 5.00 Å². The van der Waals surface area contributed by atoms with E-state index < -0.39 is 0 Å². The lowest BCUT2D eigenvalue weighted by molar-refractivity contribution is -0.132. The maximum atomic E-state index is 12.6. The van der Waals surface area contributed by atoms with E-state index in [2.05, 4.69) is 16.4 Å². The summed E-state index contributed by atoms with van der Waals surface area (Å²) in [5.74, 6) is -0.0186. The van der Waals surface area contributed by atoms with Gasteiger partial charge in [0.2, 0.25) is 11.8 Å². The standard InChI is InChI=1S/C23H23N5O2S/c1-16(17-5-3-2-4-6-17)11-21(29)26-23-19(12-24)18-7-9-28(13-20(18)31-23)22(30)14-27-10-8-25-15-27/h2-6,8,10,15-16H,7,9,11,13-14H2,1H3,(H,26,29)/t16-/m0/s1. The average molecular weight is 434 g/mol. The van der Waals surface area contributed by atoms with Crippen LogP contribution >= 0.6 is 11.3 Å². The average Bonchev–Trinajstić information content (AvgIpc) is 3.40. The van der Waals surface area contributed by atoms with Gasteiger partial charge in [0.25, 0.3) is 0 Å². The van der Waals surface area contributed by atoms with Crippen molar-refractivity contribution in [3.05, 3.63) is 70.6 Å². The summed E-state index contributed by atoms with van der Waals surface area (Å²) in [6, 6.07) is 12.2. The number of carbonyl (C=O) groups excluding carboxylic acids is 2. The smallest absolute Gasteiger partial charge is 0.242 e. The van der Waals surface area contributed by atoms with Crippen LogP contribution in [0.15, 0.2) is 49.1 Å². The molecular formula is C23H23N5O2S. The zero-order chi connectivity index (χ0) is 21.8. The van der Waals surface area contributed by atoms with Gasteiger partial charge in [-0.3, -0.25) is 9.59 Å². The summed E-state index contributed by atoms with van der Waals surface area (Å²) in [6.45, 7) is 3.28. The summed E-state index contributed by atoms with van der Waals surface area (Å²) in [5.41, 5.74) is 2.59. The molecule has 0 unspecified atom stereocenters. The Morgan fingerprint density at radius 2 is 2.13 bits per heavy atom. The van der Waals surface area contributed by atoms with Crippen LogP contribution in [0.3, 0.4) is 0 Å². The van der Waals surface area contributed by atoms with Crippen LogP contribution in [0.1, 0.15) is 40.8 Å². The van der Waals surface area contributed by atoms with E-state index in [9.17, 15) is 14.9 Å². The van der Waals surface area contributed by atoms with E-state index >= 15 is 0 Å². The van der Waals surface area contributed by atoms with Gasteiger partial charge in [0.05, 0.1) is 18.4 Å². The Morgan fingerprint density at radius 3 is 2.84 bits per heavy atom. The van der Waals surface area contributed by atoms with E-state index in [-0.39, 0.29) is 24.3 Å². The summed E-state index contributed by atoms with van der Waals surface area (Å²) in [4.78, 5) is 32.0. The summed E-state index contributed by atoms with van der Waals surface area (Å²) in [6.07, 6.45) is 5.98. The number of benzene rings is 1. The molecular weight excluding hydrogens is 410 g/mol. The van der Waals surface area contributed by atoms with Gasteiger partial charge in [0, 0.05) is 30.2 Å². The second-order valence-electron chi connectivity index (χ2n) is 7.68. The molecule has 1 N–H and O–H groups in total. The Labute approximate surface area is 184 Å². The minimum absolute atomic E-state index is 0.0119. The first-order valence-corrected chi connectivity index (χ1v) is 11.0. The van der Waals surface area contributed by atoms with Crippen molar-refractivity contribution in [3.63, 3.8) is 0 Å². The quantitative estimate of drug-likeness (QED) is 0.644. The zero-order valence-corrected chi connectivity index (χ0v) is 18.1. The van der Waals surface area contributed by atoms with E-state index in [1.807, 2.05) is 37.3 Å². The van der Waals surface area contributed by atoms with Gasteiger partial charge < -0.3 is 14.8 Å². The molecule has 0 aliphatic carbocycles. The van der Waals surface area contributed by atoms with Gasteiger partial charge in [0.15, 0.2) is 0 Å². The lowest BCUT2D eigenvalue weighted by Crippen LogP contribution is -2.37. The molecule has 0 radical (unpaired) electrons. The number of nitrogens with zero attached hydrogens (tertiary/aromatic N) is 4. The van der Waals surface area contributed by atoms with E-state index in [0.717, 1.165) is 16.0 Å². The highest BCUT2D eigenvalue weighted by Crippen LogP contribution is 2.37. The first-order valence-electron chi connectivity index (χ1n) is 10.2. The predicted octanol–water partition coefficient (Wildman–Crippen LogP) is 3.53. The van der Waals surface area contributed by atoms with Gasteiger partial charge in [-0.2, -0.15) is 5.26 Å². The number of hydrogen-bond donors (Lipinski definition) is 1. The number of rotatable bonds is 6. The fourth-order valence-corrected chi connectivity index (χ4v) is 5.04. The Balaban J connectivity index is 1.43. The van der Waals surface area contributed by atoms with Gasteiger partial charge in [-0.15, -0.1) is 11.3 Å². The van der Waals surface area contributed by atoms with Crippen molar-refractivity contribution in [2.24, 2.45) is 0 Å². The molecule has 1 aliphatic heterocycles. The molecule has 3 aromatic rings.